The van der Waals surface area contributed by atoms with Gasteiger partial charge in [-0.15, -0.1) is 0 Å². The zero-order valence-electron chi connectivity index (χ0n) is 7.56. The molecular formula is C9H14F3N. The molecule has 1 atom stereocenters. The Morgan fingerprint density at radius 2 is 1.92 bits per heavy atom. The summed E-state index contributed by atoms with van der Waals surface area (Å²) >= 11 is 0. The number of rotatable bonds is 3. The molecule has 0 spiro atoms. The standard InChI is InChI=1S/C9H14F3N/c1-7(6-9(10,11)12)13-8-4-2-3-5-8/h2-3,7-8,13H,4-6H2,1H3. The number of nitrogens with one attached hydrogen (secondary N) is 1. The van der Waals surface area contributed by atoms with Gasteiger partial charge >= 0.3 is 6.18 Å². The Hall–Kier alpha value is -0.510. The number of hydrogen-bond donors (Lipinski definition) is 1. The predicted molar refractivity (Wildman–Crippen MR) is 45.4 cm³/mol. The van der Waals surface area contributed by atoms with Gasteiger partial charge in [0.1, 0.15) is 0 Å². The first-order valence-corrected chi connectivity index (χ1v) is 4.45. The van der Waals surface area contributed by atoms with Crippen molar-refractivity contribution in [1.29, 1.82) is 0 Å². The van der Waals surface area contributed by atoms with E-state index in [-0.39, 0.29) is 6.04 Å². The van der Waals surface area contributed by atoms with Crippen LogP contribution >= 0.6 is 0 Å². The molecular weight excluding hydrogens is 179 g/mol. The Kier molecular flexibility index (Phi) is 3.36. The molecule has 0 saturated heterocycles. The number of halogens is 3. The van der Waals surface area contributed by atoms with E-state index in [0.29, 0.717) is 0 Å². The maximum atomic E-state index is 11.9. The molecule has 1 rings (SSSR count). The Morgan fingerprint density at radius 3 is 2.38 bits per heavy atom. The summed E-state index contributed by atoms with van der Waals surface area (Å²) in [6.45, 7) is 1.58. The molecule has 0 radical (unpaired) electrons. The molecule has 1 N–H and O–H groups in total. The van der Waals surface area contributed by atoms with Crippen molar-refractivity contribution < 1.29 is 13.2 Å². The van der Waals surface area contributed by atoms with Crippen molar-refractivity contribution in [3.63, 3.8) is 0 Å². The minimum absolute atomic E-state index is 0.206. The molecule has 4 heteroatoms. The average Bonchev–Trinajstić information content (AvgIpc) is 2.34. The second kappa shape index (κ2) is 4.13. The second-order valence-electron chi connectivity index (χ2n) is 3.53. The van der Waals surface area contributed by atoms with Gasteiger partial charge in [-0.1, -0.05) is 12.2 Å². The summed E-state index contributed by atoms with van der Waals surface area (Å²) in [5.74, 6) is 0. The Morgan fingerprint density at radius 1 is 1.38 bits per heavy atom. The maximum Gasteiger partial charge on any atom is 0.390 e. The Labute approximate surface area is 76.0 Å². The van der Waals surface area contributed by atoms with Crippen LogP contribution in [0.1, 0.15) is 26.2 Å². The highest BCUT2D eigenvalue weighted by molar-refractivity contribution is 4.98. The molecule has 0 aromatic heterocycles. The minimum atomic E-state index is -4.06. The summed E-state index contributed by atoms with van der Waals surface area (Å²) in [7, 11) is 0. The van der Waals surface area contributed by atoms with Crippen LogP contribution in [0.4, 0.5) is 13.2 Å². The van der Waals surface area contributed by atoms with Crippen LogP contribution in [0.2, 0.25) is 0 Å². The van der Waals surface area contributed by atoms with Crippen molar-refractivity contribution in [2.75, 3.05) is 0 Å². The SMILES string of the molecule is CC(CC(F)(F)F)NC1CC=CC1. The van der Waals surface area contributed by atoms with Crippen molar-refractivity contribution in [2.24, 2.45) is 0 Å². The Balaban J connectivity index is 2.21. The van der Waals surface area contributed by atoms with E-state index in [2.05, 4.69) is 5.32 Å². The molecule has 0 fully saturated rings. The molecule has 1 nitrogen and oxygen atoms in total. The van der Waals surface area contributed by atoms with E-state index in [0.717, 1.165) is 12.8 Å². The van der Waals surface area contributed by atoms with Gasteiger partial charge in [-0.3, -0.25) is 0 Å². The highest BCUT2D eigenvalue weighted by Crippen LogP contribution is 2.22. The van der Waals surface area contributed by atoms with E-state index >= 15 is 0 Å². The zero-order valence-corrected chi connectivity index (χ0v) is 7.56. The van der Waals surface area contributed by atoms with E-state index in [4.69, 9.17) is 0 Å². The highest BCUT2D eigenvalue weighted by atomic mass is 19.4. The van der Waals surface area contributed by atoms with Crippen LogP contribution in [0.15, 0.2) is 12.2 Å². The highest BCUT2D eigenvalue weighted by Gasteiger charge is 2.30. The van der Waals surface area contributed by atoms with Gasteiger partial charge in [0.05, 0.1) is 6.42 Å². The normalized spacial score (nSPS) is 20.9. The quantitative estimate of drug-likeness (QED) is 0.679. The molecule has 13 heavy (non-hydrogen) atoms. The fraction of sp³-hybridized carbons (Fsp3) is 0.778. The lowest BCUT2D eigenvalue weighted by molar-refractivity contribution is -0.139. The molecule has 76 valence electrons. The molecule has 0 aromatic rings. The molecule has 0 aromatic carbocycles. The van der Waals surface area contributed by atoms with E-state index < -0.39 is 18.6 Å². The maximum absolute atomic E-state index is 11.9. The lowest BCUT2D eigenvalue weighted by atomic mass is 10.1. The summed E-state index contributed by atoms with van der Waals surface area (Å²) in [5.41, 5.74) is 0. The number of alkyl halides is 3. The van der Waals surface area contributed by atoms with Crippen LogP contribution in [-0.4, -0.2) is 18.3 Å². The third-order valence-corrected chi connectivity index (χ3v) is 2.07. The molecule has 1 aliphatic rings. The van der Waals surface area contributed by atoms with Gasteiger partial charge in [-0.25, -0.2) is 0 Å². The smallest absolute Gasteiger partial charge is 0.311 e. The summed E-state index contributed by atoms with van der Waals surface area (Å²) in [6.07, 6.45) is 0.891. The van der Waals surface area contributed by atoms with Gasteiger partial charge in [0.2, 0.25) is 0 Å². The minimum Gasteiger partial charge on any atom is -0.311 e. The third kappa shape index (κ3) is 4.31. The molecule has 0 saturated carbocycles. The van der Waals surface area contributed by atoms with Gasteiger partial charge in [0.15, 0.2) is 0 Å². The molecule has 1 aliphatic carbocycles. The second-order valence-corrected chi connectivity index (χ2v) is 3.53. The predicted octanol–water partition coefficient (Wildman–Crippen LogP) is 2.64. The van der Waals surface area contributed by atoms with Crippen LogP contribution in [0.25, 0.3) is 0 Å². The summed E-state index contributed by atoms with van der Waals surface area (Å²) in [5, 5.41) is 2.95. The summed E-state index contributed by atoms with van der Waals surface area (Å²) < 4.78 is 35.8. The van der Waals surface area contributed by atoms with Crippen LogP contribution in [0.5, 0.6) is 0 Å². The largest absolute Gasteiger partial charge is 0.390 e. The van der Waals surface area contributed by atoms with E-state index in [1.165, 1.54) is 0 Å². The first-order valence-electron chi connectivity index (χ1n) is 4.45. The fourth-order valence-electron chi connectivity index (χ4n) is 1.56. The summed E-state index contributed by atoms with van der Waals surface area (Å²) in [6, 6.07) is -0.276. The van der Waals surface area contributed by atoms with Gasteiger partial charge in [0.25, 0.3) is 0 Å². The van der Waals surface area contributed by atoms with E-state index in [1.54, 1.807) is 6.92 Å². The molecule has 0 bridgehead atoms. The molecule has 0 heterocycles. The topological polar surface area (TPSA) is 12.0 Å². The van der Waals surface area contributed by atoms with Crippen molar-refractivity contribution in [2.45, 2.75) is 44.4 Å². The first-order chi connectivity index (χ1) is 5.97. The Bertz CT molecular complexity index is 178. The lowest BCUT2D eigenvalue weighted by Gasteiger charge is -2.20. The van der Waals surface area contributed by atoms with Crippen LogP contribution in [0, 0.1) is 0 Å². The van der Waals surface area contributed by atoms with Crippen molar-refractivity contribution in [3.8, 4) is 0 Å². The van der Waals surface area contributed by atoms with E-state index in [1.807, 2.05) is 12.2 Å². The summed E-state index contributed by atoms with van der Waals surface area (Å²) in [4.78, 5) is 0. The average molecular weight is 193 g/mol. The molecule has 0 aliphatic heterocycles. The lowest BCUT2D eigenvalue weighted by Crippen LogP contribution is -2.37. The third-order valence-electron chi connectivity index (χ3n) is 2.07. The van der Waals surface area contributed by atoms with Gasteiger partial charge in [-0.2, -0.15) is 13.2 Å². The van der Waals surface area contributed by atoms with Gasteiger partial charge in [0, 0.05) is 12.1 Å². The first kappa shape index (κ1) is 10.6. The van der Waals surface area contributed by atoms with Crippen LogP contribution in [-0.2, 0) is 0 Å². The van der Waals surface area contributed by atoms with Crippen molar-refractivity contribution in [1.82, 2.24) is 5.32 Å². The van der Waals surface area contributed by atoms with Gasteiger partial charge < -0.3 is 5.32 Å². The van der Waals surface area contributed by atoms with Crippen LogP contribution < -0.4 is 5.32 Å². The van der Waals surface area contributed by atoms with Crippen LogP contribution in [0.3, 0.4) is 0 Å². The van der Waals surface area contributed by atoms with Gasteiger partial charge in [-0.05, 0) is 19.8 Å². The number of hydrogen-bond acceptors (Lipinski definition) is 1. The van der Waals surface area contributed by atoms with Crippen molar-refractivity contribution >= 4 is 0 Å². The zero-order chi connectivity index (χ0) is 9.90. The fourth-order valence-corrected chi connectivity index (χ4v) is 1.56. The van der Waals surface area contributed by atoms with Crippen molar-refractivity contribution in [3.05, 3.63) is 12.2 Å². The molecule has 0 amide bonds. The molecule has 1 unspecified atom stereocenters. The van der Waals surface area contributed by atoms with E-state index in [9.17, 15) is 13.2 Å². The monoisotopic (exact) mass is 193 g/mol.